The average Bonchev–Trinajstić information content (AvgIpc) is 2.28. The van der Waals surface area contributed by atoms with E-state index in [0.29, 0.717) is 11.6 Å². The van der Waals surface area contributed by atoms with Crippen LogP contribution in [0.25, 0.3) is 0 Å². The number of hydrogen-bond acceptors (Lipinski definition) is 5. The maximum atomic E-state index is 9.23. The van der Waals surface area contributed by atoms with Crippen LogP contribution in [0.5, 0.6) is 0 Å². The molecule has 1 aromatic rings. The zero-order valence-corrected chi connectivity index (χ0v) is 10.5. The summed E-state index contributed by atoms with van der Waals surface area (Å²) in [5, 5.41) is 10.5. The molecule has 6 heteroatoms. The van der Waals surface area contributed by atoms with Crippen LogP contribution in [-0.4, -0.2) is 41.7 Å². The van der Waals surface area contributed by atoms with Crippen molar-refractivity contribution in [3.63, 3.8) is 0 Å². The van der Waals surface area contributed by atoms with Gasteiger partial charge in [-0.2, -0.15) is 0 Å². The molecule has 0 saturated heterocycles. The second kappa shape index (κ2) is 7.09. The molecule has 0 bridgehead atoms. The van der Waals surface area contributed by atoms with Crippen LogP contribution in [0, 0.1) is 0 Å². The van der Waals surface area contributed by atoms with Crippen molar-refractivity contribution >= 4 is 23.4 Å². The van der Waals surface area contributed by atoms with Gasteiger partial charge in [0.2, 0.25) is 0 Å². The van der Waals surface area contributed by atoms with Crippen LogP contribution in [0.3, 0.4) is 0 Å². The van der Waals surface area contributed by atoms with Crippen molar-refractivity contribution in [2.24, 2.45) is 5.73 Å². The highest BCUT2D eigenvalue weighted by Crippen LogP contribution is 2.23. The summed E-state index contributed by atoms with van der Waals surface area (Å²) in [4.78, 5) is 4.13. The fourth-order valence-electron chi connectivity index (χ4n) is 1.15. The lowest BCUT2D eigenvalue weighted by atomic mass is 10.2. The number of nitrogens with two attached hydrogens (primary N) is 1. The van der Waals surface area contributed by atoms with Gasteiger partial charge in [-0.1, -0.05) is 23.4 Å². The van der Waals surface area contributed by atoms with Gasteiger partial charge in [-0.3, -0.25) is 0 Å². The molecule has 0 aliphatic rings. The molecule has 1 rings (SSSR count). The van der Waals surface area contributed by atoms with E-state index in [9.17, 15) is 5.11 Å². The Labute approximate surface area is 104 Å². The second-order valence-corrected chi connectivity index (χ2v) is 4.97. The SMILES string of the molecule is COCC(N)C(CO)Sc1ccc(Cl)cn1. The minimum atomic E-state index is -0.225. The third kappa shape index (κ3) is 4.27. The fourth-order valence-corrected chi connectivity index (χ4v) is 2.16. The molecule has 90 valence electrons. The first-order valence-electron chi connectivity index (χ1n) is 4.81. The Morgan fingerprint density at radius 2 is 2.38 bits per heavy atom. The molecular formula is C10H15ClN2O2S. The number of aromatic nitrogens is 1. The number of rotatable bonds is 6. The molecule has 0 aromatic carbocycles. The normalized spacial score (nSPS) is 14.8. The lowest BCUT2D eigenvalue weighted by Crippen LogP contribution is -2.38. The first-order valence-corrected chi connectivity index (χ1v) is 6.06. The molecule has 0 aliphatic carbocycles. The molecule has 4 nitrogen and oxygen atoms in total. The standard InChI is InChI=1S/C10H15ClN2O2S/c1-15-6-8(12)9(5-14)16-10-3-2-7(11)4-13-10/h2-4,8-9,14H,5-6,12H2,1H3. The monoisotopic (exact) mass is 262 g/mol. The van der Waals surface area contributed by atoms with Crippen LogP contribution in [-0.2, 0) is 4.74 Å². The van der Waals surface area contributed by atoms with Crippen molar-refractivity contribution in [2.45, 2.75) is 16.3 Å². The van der Waals surface area contributed by atoms with Crippen LogP contribution < -0.4 is 5.73 Å². The van der Waals surface area contributed by atoms with Crippen molar-refractivity contribution in [3.05, 3.63) is 23.4 Å². The van der Waals surface area contributed by atoms with Gasteiger partial charge in [0.05, 0.1) is 28.5 Å². The Kier molecular flexibility index (Phi) is 6.08. The quantitative estimate of drug-likeness (QED) is 0.753. The van der Waals surface area contributed by atoms with Crippen molar-refractivity contribution in [1.29, 1.82) is 0 Å². The van der Waals surface area contributed by atoms with E-state index in [1.165, 1.54) is 11.8 Å². The van der Waals surface area contributed by atoms with Gasteiger partial charge in [0.15, 0.2) is 0 Å². The number of aliphatic hydroxyl groups is 1. The number of ether oxygens (including phenoxy) is 1. The third-order valence-corrected chi connectivity index (χ3v) is 3.50. The molecule has 3 N–H and O–H groups in total. The Morgan fingerprint density at radius 3 is 2.88 bits per heavy atom. The number of thioether (sulfide) groups is 1. The number of pyridine rings is 1. The summed E-state index contributed by atoms with van der Waals surface area (Å²) in [6.45, 7) is 0.394. The third-order valence-electron chi connectivity index (χ3n) is 1.99. The first kappa shape index (κ1) is 13.7. The zero-order valence-electron chi connectivity index (χ0n) is 8.97. The molecule has 0 amide bonds. The van der Waals surface area contributed by atoms with E-state index in [1.807, 2.05) is 0 Å². The topological polar surface area (TPSA) is 68.4 Å². The molecule has 0 fully saturated rings. The summed E-state index contributed by atoms with van der Waals surface area (Å²) >= 11 is 7.15. The molecule has 0 spiro atoms. The number of hydrogen-bond donors (Lipinski definition) is 2. The van der Waals surface area contributed by atoms with E-state index < -0.39 is 0 Å². The molecule has 2 unspecified atom stereocenters. The highest BCUT2D eigenvalue weighted by molar-refractivity contribution is 7.99. The van der Waals surface area contributed by atoms with Gasteiger partial charge in [0, 0.05) is 19.3 Å². The van der Waals surface area contributed by atoms with Gasteiger partial charge in [-0.25, -0.2) is 4.98 Å². The van der Waals surface area contributed by atoms with Gasteiger partial charge in [0.25, 0.3) is 0 Å². The highest BCUT2D eigenvalue weighted by Gasteiger charge is 2.18. The van der Waals surface area contributed by atoms with Crippen molar-refractivity contribution in [2.75, 3.05) is 20.3 Å². The fraction of sp³-hybridized carbons (Fsp3) is 0.500. The van der Waals surface area contributed by atoms with Gasteiger partial charge in [-0.05, 0) is 12.1 Å². The van der Waals surface area contributed by atoms with Crippen molar-refractivity contribution in [3.8, 4) is 0 Å². The summed E-state index contributed by atoms with van der Waals surface area (Å²) in [7, 11) is 1.58. The Morgan fingerprint density at radius 1 is 1.62 bits per heavy atom. The molecule has 2 atom stereocenters. The molecule has 1 aromatic heterocycles. The van der Waals surface area contributed by atoms with E-state index in [1.54, 1.807) is 25.4 Å². The van der Waals surface area contributed by atoms with Gasteiger partial charge >= 0.3 is 0 Å². The second-order valence-electron chi connectivity index (χ2n) is 3.27. The smallest absolute Gasteiger partial charge is 0.0965 e. The van der Waals surface area contributed by atoms with E-state index in [2.05, 4.69) is 4.98 Å². The predicted octanol–water partition coefficient (Wildman–Crippen LogP) is 1.16. The van der Waals surface area contributed by atoms with Gasteiger partial charge in [-0.15, -0.1) is 0 Å². The maximum Gasteiger partial charge on any atom is 0.0965 e. The lowest BCUT2D eigenvalue weighted by Gasteiger charge is -2.20. The largest absolute Gasteiger partial charge is 0.395 e. The van der Waals surface area contributed by atoms with Gasteiger partial charge in [0.1, 0.15) is 0 Å². The van der Waals surface area contributed by atoms with Crippen molar-refractivity contribution < 1.29 is 9.84 Å². The molecule has 0 saturated carbocycles. The number of methoxy groups -OCH3 is 1. The minimum Gasteiger partial charge on any atom is -0.395 e. The molecule has 0 radical (unpaired) electrons. The summed E-state index contributed by atoms with van der Waals surface area (Å²) in [5.41, 5.74) is 5.86. The summed E-state index contributed by atoms with van der Waals surface area (Å²) in [6, 6.07) is 3.33. The van der Waals surface area contributed by atoms with E-state index in [-0.39, 0.29) is 17.9 Å². The average molecular weight is 263 g/mol. The maximum absolute atomic E-state index is 9.23. The predicted molar refractivity (Wildman–Crippen MR) is 65.8 cm³/mol. The van der Waals surface area contributed by atoms with Crippen LogP contribution in [0.15, 0.2) is 23.4 Å². The van der Waals surface area contributed by atoms with Crippen LogP contribution in [0.1, 0.15) is 0 Å². The molecule has 1 heterocycles. The summed E-state index contributed by atoms with van der Waals surface area (Å²) in [6.07, 6.45) is 1.57. The Balaban J connectivity index is 2.59. The Hall–Kier alpha value is -0.330. The van der Waals surface area contributed by atoms with E-state index >= 15 is 0 Å². The zero-order chi connectivity index (χ0) is 12.0. The van der Waals surface area contributed by atoms with Crippen LogP contribution in [0.4, 0.5) is 0 Å². The van der Waals surface area contributed by atoms with E-state index in [4.69, 9.17) is 22.1 Å². The van der Waals surface area contributed by atoms with E-state index in [0.717, 1.165) is 5.03 Å². The minimum absolute atomic E-state index is 0.0144. The van der Waals surface area contributed by atoms with Gasteiger partial charge < -0.3 is 15.6 Å². The van der Waals surface area contributed by atoms with Crippen LogP contribution >= 0.6 is 23.4 Å². The molecule has 16 heavy (non-hydrogen) atoms. The number of halogens is 1. The molecular weight excluding hydrogens is 248 g/mol. The number of nitrogens with zero attached hydrogens (tertiary/aromatic N) is 1. The number of aliphatic hydroxyl groups excluding tert-OH is 1. The highest BCUT2D eigenvalue weighted by atomic mass is 35.5. The molecule has 0 aliphatic heterocycles. The Bertz CT molecular complexity index is 310. The first-order chi connectivity index (χ1) is 7.67. The van der Waals surface area contributed by atoms with Crippen molar-refractivity contribution in [1.82, 2.24) is 4.98 Å². The summed E-state index contributed by atoms with van der Waals surface area (Å²) < 4.78 is 4.95. The summed E-state index contributed by atoms with van der Waals surface area (Å²) in [5.74, 6) is 0. The lowest BCUT2D eigenvalue weighted by molar-refractivity contribution is 0.167. The van der Waals surface area contributed by atoms with Crippen LogP contribution in [0.2, 0.25) is 5.02 Å².